The monoisotopic (exact) mass is 311 g/mol. The quantitative estimate of drug-likeness (QED) is 0.692. The van der Waals surface area contributed by atoms with Crippen molar-refractivity contribution >= 4 is 6.29 Å². The topological polar surface area (TPSA) is 29.5 Å². The standard InChI is InChI=1S/C20H25NO2/c1-16(2)20(14-22)21(3)13-17-9-11-19(12-10-17)23-15-18-7-5-4-6-8-18/h4-12,14,16,20H,13,15H2,1-3H3/t20-/m1/s1. The van der Waals surface area contributed by atoms with E-state index in [-0.39, 0.29) is 6.04 Å². The highest BCUT2D eigenvalue weighted by Crippen LogP contribution is 2.17. The molecule has 0 saturated carbocycles. The molecule has 0 spiro atoms. The Balaban J connectivity index is 1.90. The van der Waals surface area contributed by atoms with Crippen molar-refractivity contribution in [2.24, 2.45) is 5.92 Å². The molecule has 0 aromatic heterocycles. The molecule has 0 aliphatic carbocycles. The molecule has 0 radical (unpaired) electrons. The molecule has 2 aromatic carbocycles. The number of carbonyl (C=O) groups excluding carboxylic acids is 1. The summed E-state index contributed by atoms with van der Waals surface area (Å²) in [5.41, 5.74) is 2.33. The molecule has 0 saturated heterocycles. The van der Waals surface area contributed by atoms with Gasteiger partial charge in [0.05, 0.1) is 6.04 Å². The van der Waals surface area contributed by atoms with Gasteiger partial charge >= 0.3 is 0 Å². The van der Waals surface area contributed by atoms with Crippen LogP contribution in [-0.4, -0.2) is 24.3 Å². The number of nitrogens with zero attached hydrogens (tertiary/aromatic N) is 1. The Kier molecular flexibility index (Phi) is 6.36. The Bertz CT molecular complexity index is 593. The maximum absolute atomic E-state index is 11.2. The summed E-state index contributed by atoms with van der Waals surface area (Å²) in [6, 6.07) is 18.1. The number of rotatable bonds is 8. The molecule has 1 atom stereocenters. The van der Waals surface area contributed by atoms with E-state index in [0.717, 1.165) is 24.1 Å². The van der Waals surface area contributed by atoms with Crippen molar-refractivity contribution < 1.29 is 9.53 Å². The summed E-state index contributed by atoms with van der Waals surface area (Å²) in [4.78, 5) is 13.3. The second-order valence-electron chi connectivity index (χ2n) is 6.20. The van der Waals surface area contributed by atoms with Gasteiger partial charge < -0.3 is 9.53 Å². The predicted octanol–water partition coefficient (Wildman–Crippen LogP) is 3.92. The first-order valence-electron chi connectivity index (χ1n) is 8.01. The lowest BCUT2D eigenvalue weighted by atomic mass is 10.0. The zero-order valence-corrected chi connectivity index (χ0v) is 14.1. The fourth-order valence-corrected chi connectivity index (χ4v) is 2.60. The lowest BCUT2D eigenvalue weighted by Gasteiger charge is -2.26. The van der Waals surface area contributed by atoms with E-state index in [2.05, 4.69) is 43.0 Å². The number of hydrogen-bond acceptors (Lipinski definition) is 3. The van der Waals surface area contributed by atoms with Crippen LogP contribution in [0, 0.1) is 5.92 Å². The molecule has 122 valence electrons. The average molecular weight is 311 g/mol. The number of likely N-dealkylation sites (N-methyl/N-ethyl adjacent to an activating group) is 1. The Morgan fingerprint density at radius 1 is 1.00 bits per heavy atom. The number of carbonyl (C=O) groups is 1. The summed E-state index contributed by atoms with van der Waals surface area (Å²) in [5.74, 6) is 1.17. The van der Waals surface area contributed by atoms with Crippen LogP contribution < -0.4 is 4.74 Å². The number of hydrogen-bond donors (Lipinski definition) is 0. The Morgan fingerprint density at radius 2 is 1.65 bits per heavy atom. The third-order valence-electron chi connectivity index (χ3n) is 3.94. The van der Waals surface area contributed by atoms with Gasteiger partial charge in [0, 0.05) is 6.54 Å². The van der Waals surface area contributed by atoms with Gasteiger partial charge in [-0.15, -0.1) is 0 Å². The SMILES string of the molecule is CC(C)[C@@H](C=O)N(C)Cc1ccc(OCc2ccccc2)cc1. The van der Waals surface area contributed by atoms with Crippen molar-refractivity contribution in [2.75, 3.05) is 7.05 Å². The second-order valence-corrected chi connectivity index (χ2v) is 6.20. The average Bonchev–Trinajstić information content (AvgIpc) is 2.55. The minimum atomic E-state index is -0.0518. The molecular weight excluding hydrogens is 286 g/mol. The molecule has 0 aliphatic rings. The van der Waals surface area contributed by atoms with Gasteiger partial charge in [0.15, 0.2) is 0 Å². The van der Waals surface area contributed by atoms with Crippen molar-refractivity contribution in [3.8, 4) is 5.75 Å². The Hall–Kier alpha value is -2.13. The first-order chi connectivity index (χ1) is 11.1. The molecule has 3 heteroatoms. The normalized spacial score (nSPS) is 12.4. The van der Waals surface area contributed by atoms with Gasteiger partial charge in [0.1, 0.15) is 18.6 Å². The van der Waals surface area contributed by atoms with E-state index in [0.29, 0.717) is 12.5 Å². The third-order valence-corrected chi connectivity index (χ3v) is 3.94. The molecular formula is C20H25NO2. The summed E-state index contributed by atoms with van der Waals surface area (Å²) in [6.07, 6.45) is 1.03. The summed E-state index contributed by atoms with van der Waals surface area (Å²) < 4.78 is 5.79. The second kappa shape index (κ2) is 8.49. The highest BCUT2D eigenvalue weighted by Gasteiger charge is 2.17. The van der Waals surface area contributed by atoms with Crippen LogP contribution >= 0.6 is 0 Å². The van der Waals surface area contributed by atoms with E-state index in [1.807, 2.05) is 37.4 Å². The predicted molar refractivity (Wildman–Crippen MR) is 93.4 cm³/mol. The van der Waals surface area contributed by atoms with Crippen LogP contribution in [0.15, 0.2) is 54.6 Å². The first-order valence-corrected chi connectivity index (χ1v) is 8.01. The highest BCUT2D eigenvalue weighted by atomic mass is 16.5. The van der Waals surface area contributed by atoms with Crippen LogP contribution in [0.5, 0.6) is 5.75 Å². The minimum absolute atomic E-state index is 0.0518. The molecule has 0 bridgehead atoms. The van der Waals surface area contributed by atoms with Crippen LogP contribution in [0.4, 0.5) is 0 Å². The van der Waals surface area contributed by atoms with Gasteiger partial charge in [-0.3, -0.25) is 4.90 Å². The fourth-order valence-electron chi connectivity index (χ4n) is 2.60. The smallest absolute Gasteiger partial charge is 0.137 e. The largest absolute Gasteiger partial charge is 0.489 e. The van der Waals surface area contributed by atoms with Gasteiger partial charge in [-0.2, -0.15) is 0 Å². The minimum Gasteiger partial charge on any atom is -0.489 e. The summed E-state index contributed by atoms with van der Waals surface area (Å²) >= 11 is 0. The number of aldehydes is 1. The molecule has 0 aliphatic heterocycles. The molecule has 0 heterocycles. The first kappa shape index (κ1) is 17.2. The maximum Gasteiger partial charge on any atom is 0.137 e. The van der Waals surface area contributed by atoms with Gasteiger partial charge in [-0.05, 0) is 36.2 Å². The van der Waals surface area contributed by atoms with E-state index >= 15 is 0 Å². The van der Waals surface area contributed by atoms with Crippen LogP contribution in [-0.2, 0) is 17.9 Å². The molecule has 2 rings (SSSR count). The van der Waals surface area contributed by atoms with Crippen molar-refractivity contribution in [3.63, 3.8) is 0 Å². The van der Waals surface area contributed by atoms with Crippen LogP contribution in [0.25, 0.3) is 0 Å². The number of ether oxygens (including phenoxy) is 1. The lowest BCUT2D eigenvalue weighted by molar-refractivity contribution is -0.113. The molecule has 0 amide bonds. The van der Waals surface area contributed by atoms with Crippen molar-refractivity contribution in [1.82, 2.24) is 4.90 Å². The molecule has 3 nitrogen and oxygen atoms in total. The van der Waals surface area contributed by atoms with Gasteiger partial charge in [0.2, 0.25) is 0 Å². The zero-order valence-electron chi connectivity index (χ0n) is 14.1. The van der Waals surface area contributed by atoms with E-state index in [1.165, 1.54) is 5.56 Å². The number of benzene rings is 2. The molecule has 0 N–H and O–H groups in total. The van der Waals surface area contributed by atoms with Gasteiger partial charge in [-0.1, -0.05) is 56.3 Å². The van der Waals surface area contributed by atoms with Gasteiger partial charge in [0.25, 0.3) is 0 Å². The van der Waals surface area contributed by atoms with Gasteiger partial charge in [-0.25, -0.2) is 0 Å². The van der Waals surface area contributed by atoms with E-state index in [9.17, 15) is 4.79 Å². The van der Waals surface area contributed by atoms with Crippen LogP contribution in [0.3, 0.4) is 0 Å². The summed E-state index contributed by atoms with van der Waals surface area (Å²) in [7, 11) is 1.99. The van der Waals surface area contributed by atoms with Crippen molar-refractivity contribution in [3.05, 3.63) is 65.7 Å². The highest BCUT2D eigenvalue weighted by molar-refractivity contribution is 5.57. The summed E-state index contributed by atoms with van der Waals surface area (Å²) in [6.45, 7) is 5.45. The summed E-state index contributed by atoms with van der Waals surface area (Å²) in [5, 5.41) is 0. The van der Waals surface area contributed by atoms with E-state index < -0.39 is 0 Å². The van der Waals surface area contributed by atoms with Crippen molar-refractivity contribution in [2.45, 2.75) is 33.0 Å². The molecule has 0 unspecified atom stereocenters. The van der Waals surface area contributed by atoms with Crippen LogP contribution in [0.1, 0.15) is 25.0 Å². The third kappa shape index (κ3) is 5.22. The Labute approximate surface area is 138 Å². The van der Waals surface area contributed by atoms with Crippen LogP contribution in [0.2, 0.25) is 0 Å². The Morgan fingerprint density at radius 3 is 2.22 bits per heavy atom. The van der Waals surface area contributed by atoms with Crippen molar-refractivity contribution in [1.29, 1.82) is 0 Å². The fraction of sp³-hybridized carbons (Fsp3) is 0.350. The lowest BCUT2D eigenvalue weighted by Crippen LogP contribution is -2.36. The molecule has 2 aromatic rings. The molecule has 23 heavy (non-hydrogen) atoms. The van der Waals surface area contributed by atoms with E-state index in [4.69, 9.17) is 4.74 Å². The van der Waals surface area contributed by atoms with E-state index in [1.54, 1.807) is 0 Å². The molecule has 0 fully saturated rings. The maximum atomic E-state index is 11.2. The zero-order chi connectivity index (χ0) is 16.7.